The number of allylic oxidation sites excluding steroid dienone is 1. The van der Waals surface area contributed by atoms with Gasteiger partial charge in [-0.1, -0.05) is 11.6 Å². The molecule has 1 atom stereocenters. The molecule has 1 fully saturated rings. The van der Waals surface area contributed by atoms with Gasteiger partial charge in [0, 0.05) is 12.0 Å². The third-order valence-corrected chi connectivity index (χ3v) is 2.61. The van der Waals surface area contributed by atoms with Crippen molar-refractivity contribution in [2.24, 2.45) is 5.92 Å². The van der Waals surface area contributed by atoms with E-state index in [1.54, 1.807) is 0 Å². The molecule has 2 aliphatic carbocycles. The van der Waals surface area contributed by atoms with E-state index in [4.69, 9.17) is 0 Å². The van der Waals surface area contributed by atoms with Crippen molar-refractivity contribution in [2.75, 3.05) is 0 Å². The fraction of sp³-hybridized carbons (Fsp3) is 0.700. The predicted octanol–water partition coefficient (Wildman–Crippen LogP) is 1.62. The Morgan fingerprint density at radius 1 is 1.50 bits per heavy atom. The van der Waals surface area contributed by atoms with E-state index in [1.165, 1.54) is 5.57 Å². The number of rotatable bonds is 2. The van der Waals surface area contributed by atoms with Crippen molar-refractivity contribution >= 4 is 5.91 Å². The van der Waals surface area contributed by atoms with Gasteiger partial charge in [-0.15, -0.1) is 0 Å². The molecule has 0 saturated heterocycles. The molecular formula is C10H15NO. The molecule has 2 rings (SSSR count). The first-order chi connectivity index (χ1) is 5.75. The maximum absolute atomic E-state index is 11.3. The first kappa shape index (κ1) is 7.84. The smallest absolute Gasteiger partial charge is 0.223 e. The highest BCUT2D eigenvalue weighted by molar-refractivity contribution is 5.81. The van der Waals surface area contributed by atoms with Gasteiger partial charge < -0.3 is 5.32 Å². The monoisotopic (exact) mass is 165 g/mol. The van der Waals surface area contributed by atoms with Crippen molar-refractivity contribution in [3.8, 4) is 0 Å². The number of amides is 1. The summed E-state index contributed by atoms with van der Waals surface area (Å²) >= 11 is 0. The first-order valence-corrected chi connectivity index (χ1v) is 4.73. The van der Waals surface area contributed by atoms with Crippen molar-refractivity contribution in [1.29, 1.82) is 0 Å². The van der Waals surface area contributed by atoms with Crippen LogP contribution in [0.3, 0.4) is 0 Å². The summed E-state index contributed by atoms with van der Waals surface area (Å²) in [5, 5.41) is 3.06. The molecule has 1 unspecified atom stereocenters. The van der Waals surface area contributed by atoms with E-state index in [0.29, 0.717) is 12.0 Å². The normalized spacial score (nSPS) is 28.4. The van der Waals surface area contributed by atoms with Crippen LogP contribution in [0.5, 0.6) is 0 Å². The third kappa shape index (κ3) is 1.68. The van der Waals surface area contributed by atoms with Crippen molar-refractivity contribution in [2.45, 2.75) is 38.6 Å². The number of carbonyl (C=O) groups excluding carboxylic acids is 1. The lowest BCUT2D eigenvalue weighted by atomic mass is 10.2. The van der Waals surface area contributed by atoms with Gasteiger partial charge >= 0.3 is 0 Å². The Morgan fingerprint density at radius 2 is 2.25 bits per heavy atom. The molecule has 0 aliphatic heterocycles. The summed E-state index contributed by atoms with van der Waals surface area (Å²) in [5.74, 6) is 0.616. The number of hydrogen-bond donors (Lipinski definition) is 1. The van der Waals surface area contributed by atoms with Gasteiger partial charge in [-0.25, -0.2) is 0 Å². The lowest BCUT2D eigenvalue weighted by Crippen LogP contribution is -2.33. The molecular weight excluding hydrogens is 150 g/mol. The van der Waals surface area contributed by atoms with Crippen LogP contribution in [0.25, 0.3) is 0 Å². The van der Waals surface area contributed by atoms with E-state index in [2.05, 4.69) is 18.3 Å². The Morgan fingerprint density at radius 3 is 2.75 bits per heavy atom. The molecule has 0 radical (unpaired) electrons. The Labute approximate surface area is 73.0 Å². The minimum atomic E-state index is 0.269. The van der Waals surface area contributed by atoms with E-state index in [9.17, 15) is 4.79 Å². The quantitative estimate of drug-likeness (QED) is 0.619. The molecule has 2 heteroatoms. The molecule has 0 aromatic heterocycles. The standard InChI is InChI=1S/C10H15NO/c1-7-2-5-9(6-7)11-10(12)8-3-4-8/h6,8-9H,2-5H2,1H3,(H,11,12). The van der Waals surface area contributed by atoms with E-state index in [0.717, 1.165) is 25.7 Å². The summed E-state index contributed by atoms with van der Waals surface area (Å²) in [5.41, 5.74) is 1.41. The fourth-order valence-electron chi connectivity index (χ4n) is 1.65. The third-order valence-electron chi connectivity index (χ3n) is 2.61. The second-order valence-corrected chi connectivity index (χ2v) is 3.94. The van der Waals surface area contributed by atoms with Gasteiger partial charge in [-0.3, -0.25) is 4.79 Å². The summed E-state index contributed by atoms with van der Waals surface area (Å²) in [6.45, 7) is 2.13. The minimum absolute atomic E-state index is 0.269. The van der Waals surface area contributed by atoms with Crippen molar-refractivity contribution in [1.82, 2.24) is 5.32 Å². The number of carbonyl (C=O) groups is 1. The zero-order valence-electron chi connectivity index (χ0n) is 7.47. The highest BCUT2D eigenvalue weighted by Gasteiger charge is 2.30. The average molecular weight is 165 g/mol. The van der Waals surface area contributed by atoms with Gasteiger partial charge in [0.05, 0.1) is 0 Å². The van der Waals surface area contributed by atoms with Crippen LogP contribution in [-0.2, 0) is 4.79 Å². The molecule has 0 bridgehead atoms. The zero-order chi connectivity index (χ0) is 8.55. The van der Waals surface area contributed by atoms with Gasteiger partial charge in [-0.05, 0) is 32.6 Å². The van der Waals surface area contributed by atoms with E-state index >= 15 is 0 Å². The second-order valence-electron chi connectivity index (χ2n) is 3.94. The van der Waals surface area contributed by atoms with Crippen LogP contribution in [0.2, 0.25) is 0 Å². The molecule has 1 N–H and O–H groups in total. The van der Waals surface area contributed by atoms with Crippen molar-refractivity contribution < 1.29 is 4.79 Å². The zero-order valence-corrected chi connectivity index (χ0v) is 7.47. The summed E-state index contributed by atoms with van der Waals surface area (Å²) < 4.78 is 0. The molecule has 1 saturated carbocycles. The van der Waals surface area contributed by atoms with Gasteiger partial charge in [0.25, 0.3) is 0 Å². The summed E-state index contributed by atoms with van der Waals surface area (Å²) in [7, 11) is 0. The van der Waals surface area contributed by atoms with Gasteiger partial charge in [0.15, 0.2) is 0 Å². The van der Waals surface area contributed by atoms with Crippen LogP contribution in [-0.4, -0.2) is 11.9 Å². The molecule has 2 nitrogen and oxygen atoms in total. The molecule has 0 heterocycles. The predicted molar refractivity (Wildman–Crippen MR) is 47.6 cm³/mol. The molecule has 2 aliphatic rings. The van der Waals surface area contributed by atoms with Gasteiger partial charge in [0.1, 0.15) is 0 Å². The van der Waals surface area contributed by atoms with Crippen LogP contribution in [0.15, 0.2) is 11.6 Å². The van der Waals surface area contributed by atoms with Crippen LogP contribution < -0.4 is 5.32 Å². The summed E-state index contributed by atoms with van der Waals surface area (Å²) in [4.78, 5) is 11.3. The maximum Gasteiger partial charge on any atom is 0.223 e. The molecule has 1 amide bonds. The second kappa shape index (κ2) is 2.92. The number of hydrogen-bond acceptors (Lipinski definition) is 1. The fourth-order valence-corrected chi connectivity index (χ4v) is 1.65. The SMILES string of the molecule is CC1=CC(NC(=O)C2CC2)CC1. The van der Waals surface area contributed by atoms with Crippen LogP contribution in [0, 0.1) is 5.92 Å². The first-order valence-electron chi connectivity index (χ1n) is 4.73. The van der Waals surface area contributed by atoms with Crippen LogP contribution >= 0.6 is 0 Å². The molecule has 0 spiro atoms. The van der Waals surface area contributed by atoms with Crippen molar-refractivity contribution in [3.63, 3.8) is 0 Å². The number of nitrogens with one attached hydrogen (secondary N) is 1. The molecule has 12 heavy (non-hydrogen) atoms. The van der Waals surface area contributed by atoms with Crippen LogP contribution in [0.4, 0.5) is 0 Å². The highest BCUT2D eigenvalue weighted by Crippen LogP contribution is 2.29. The summed E-state index contributed by atoms with van der Waals surface area (Å²) in [6.07, 6.45) is 6.63. The Hall–Kier alpha value is -0.790. The van der Waals surface area contributed by atoms with E-state index in [-0.39, 0.29) is 5.91 Å². The summed E-state index contributed by atoms with van der Waals surface area (Å²) in [6, 6.07) is 0.332. The maximum atomic E-state index is 11.3. The van der Waals surface area contributed by atoms with Gasteiger partial charge in [0.2, 0.25) is 5.91 Å². The Kier molecular flexibility index (Phi) is 1.91. The molecule has 66 valence electrons. The molecule has 0 aromatic carbocycles. The Balaban J connectivity index is 1.82. The average Bonchev–Trinajstić information content (AvgIpc) is 2.78. The van der Waals surface area contributed by atoms with Crippen molar-refractivity contribution in [3.05, 3.63) is 11.6 Å². The highest BCUT2D eigenvalue weighted by atomic mass is 16.2. The van der Waals surface area contributed by atoms with E-state index in [1.807, 2.05) is 0 Å². The lowest BCUT2D eigenvalue weighted by molar-refractivity contribution is -0.122. The topological polar surface area (TPSA) is 29.1 Å². The molecule has 0 aromatic rings. The Bertz CT molecular complexity index is 228. The van der Waals surface area contributed by atoms with Gasteiger partial charge in [-0.2, -0.15) is 0 Å². The van der Waals surface area contributed by atoms with Crippen LogP contribution in [0.1, 0.15) is 32.6 Å². The minimum Gasteiger partial charge on any atom is -0.350 e. The largest absolute Gasteiger partial charge is 0.350 e. The lowest BCUT2D eigenvalue weighted by Gasteiger charge is -2.09. The van der Waals surface area contributed by atoms with E-state index < -0.39 is 0 Å².